The minimum absolute atomic E-state index is 0.252. The van der Waals surface area contributed by atoms with Gasteiger partial charge in [0.25, 0.3) is 0 Å². The SMILES string of the molecule is CNCc1cc(C)c(C)cc1OC(F)F. The van der Waals surface area contributed by atoms with Gasteiger partial charge in [-0.3, -0.25) is 0 Å². The molecule has 0 unspecified atom stereocenters. The standard InChI is InChI=1S/C11H15F2NO/c1-7-4-9(6-14-3)10(5-8(7)2)15-11(12)13/h4-5,11,14H,6H2,1-3H3. The van der Waals surface area contributed by atoms with E-state index in [1.807, 2.05) is 19.9 Å². The molecule has 1 rings (SSSR count). The van der Waals surface area contributed by atoms with E-state index in [0.717, 1.165) is 16.7 Å². The molecule has 0 fully saturated rings. The van der Waals surface area contributed by atoms with Gasteiger partial charge >= 0.3 is 6.61 Å². The van der Waals surface area contributed by atoms with Gasteiger partial charge < -0.3 is 10.1 Å². The normalized spacial score (nSPS) is 10.8. The Hall–Kier alpha value is -1.16. The van der Waals surface area contributed by atoms with Gasteiger partial charge in [0.2, 0.25) is 0 Å². The smallest absolute Gasteiger partial charge is 0.387 e. The van der Waals surface area contributed by atoms with Gasteiger partial charge in [-0.25, -0.2) is 0 Å². The molecule has 0 aliphatic carbocycles. The highest BCUT2D eigenvalue weighted by Gasteiger charge is 2.10. The zero-order chi connectivity index (χ0) is 11.4. The molecule has 1 N–H and O–H groups in total. The molecule has 4 heteroatoms. The van der Waals surface area contributed by atoms with Crippen LogP contribution >= 0.6 is 0 Å². The van der Waals surface area contributed by atoms with Gasteiger partial charge in [0, 0.05) is 12.1 Å². The van der Waals surface area contributed by atoms with Gasteiger partial charge in [0.1, 0.15) is 5.75 Å². The van der Waals surface area contributed by atoms with Crippen LogP contribution in [-0.2, 0) is 6.54 Å². The quantitative estimate of drug-likeness (QED) is 0.833. The van der Waals surface area contributed by atoms with E-state index in [2.05, 4.69) is 10.1 Å². The summed E-state index contributed by atoms with van der Waals surface area (Å²) in [5, 5.41) is 2.92. The third-order valence-corrected chi connectivity index (χ3v) is 2.26. The molecule has 1 aromatic rings. The largest absolute Gasteiger partial charge is 0.434 e. The van der Waals surface area contributed by atoms with E-state index in [1.54, 1.807) is 13.1 Å². The number of alkyl halides is 2. The maximum atomic E-state index is 12.1. The Morgan fingerprint density at radius 2 is 1.87 bits per heavy atom. The summed E-state index contributed by atoms with van der Waals surface area (Å²) >= 11 is 0. The first kappa shape index (κ1) is 11.9. The fourth-order valence-electron chi connectivity index (χ4n) is 1.38. The van der Waals surface area contributed by atoms with Gasteiger partial charge in [0.15, 0.2) is 0 Å². The zero-order valence-corrected chi connectivity index (χ0v) is 9.10. The Morgan fingerprint density at radius 3 is 2.40 bits per heavy atom. The zero-order valence-electron chi connectivity index (χ0n) is 9.10. The highest BCUT2D eigenvalue weighted by molar-refractivity contribution is 5.41. The molecule has 15 heavy (non-hydrogen) atoms. The highest BCUT2D eigenvalue weighted by atomic mass is 19.3. The van der Waals surface area contributed by atoms with Gasteiger partial charge in [-0.1, -0.05) is 6.07 Å². The van der Waals surface area contributed by atoms with Crippen molar-refractivity contribution in [2.75, 3.05) is 7.05 Å². The number of benzene rings is 1. The predicted molar refractivity (Wildman–Crippen MR) is 55.3 cm³/mol. The summed E-state index contributed by atoms with van der Waals surface area (Å²) in [6.07, 6.45) is 0. The average molecular weight is 215 g/mol. The third-order valence-electron chi connectivity index (χ3n) is 2.26. The highest BCUT2D eigenvalue weighted by Crippen LogP contribution is 2.24. The van der Waals surface area contributed by atoms with Crippen molar-refractivity contribution < 1.29 is 13.5 Å². The molecule has 0 saturated heterocycles. The first-order chi connectivity index (χ1) is 7.04. The number of hydrogen-bond donors (Lipinski definition) is 1. The number of nitrogens with one attached hydrogen (secondary N) is 1. The fourth-order valence-corrected chi connectivity index (χ4v) is 1.38. The first-order valence-electron chi connectivity index (χ1n) is 4.74. The summed E-state index contributed by atoms with van der Waals surface area (Å²) < 4.78 is 28.7. The summed E-state index contributed by atoms with van der Waals surface area (Å²) in [7, 11) is 1.77. The van der Waals surface area contributed by atoms with Gasteiger partial charge in [0.05, 0.1) is 0 Å². The van der Waals surface area contributed by atoms with Crippen LogP contribution in [0.1, 0.15) is 16.7 Å². The molecule has 0 spiro atoms. The number of halogens is 2. The number of ether oxygens (including phenoxy) is 1. The molecular formula is C11H15F2NO. The molecule has 0 aliphatic rings. The minimum atomic E-state index is -2.78. The molecule has 0 radical (unpaired) electrons. The Balaban J connectivity index is 3.04. The van der Waals surface area contributed by atoms with Crippen LogP contribution in [0.15, 0.2) is 12.1 Å². The Labute approximate surface area is 88.3 Å². The van der Waals surface area contributed by atoms with Crippen molar-refractivity contribution in [3.8, 4) is 5.75 Å². The Bertz CT molecular complexity index is 340. The molecular weight excluding hydrogens is 200 g/mol. The third kappa shape index (κ3) is 3.16. The van der Waals surface area contributed by atoms with Crippen molar-refractivity contribution in [3.05, 3.63) is 28.8 Å². The van der Waals surface area contributed by atoms with E-state index in [-0.39, 0.29) is 5.75 Å². The fraction of sp³-hybridized carbons (Fsp3) is 0.455. The molecule has 0 saturated carbocycles. The van der Waals surface area contributed by atoms with Gasteiger partial charge in [-0.2, -0.15) is 8.78 Å². The van der Waals surface area contributed by atoms with Crippen LogP contribution in [0.25, 0.3) is 0 Å². The van der Waals surface area contributed by atoms with Crippen LogP contribution < -0.4 is 10.1 Å². The van der Waals surface area contributed by atoms with Crippen LogP contribution in [-0.4, -0.2) is 13.7 Å². The molecule has 0 atom stereocenters. The average Bonchev–Trinajstić information content (AvgIpc) is 2.13. The predicted octanol–water partition coefficient (Wildman–Crippen LogP) is 2.62. The number of hydrogen-bond acceptors (Lipinski definition) is 2. The molecule has 0 aromatic heterocycles. The summed E-state index contributed by atoms with van der Waals surface area (Å²) in [6.45, 7) is 1.56. The van der Waals surface area contributed by atoms with Crippen molar-refractivity contribution in [2.45, 2.75) is 27.0 Å². The maximum absolute atomic E-state index is 12.1. The van der Waals surface area contributed by atoms with E-state index >= 15 is 0 Å². The lowest BCUT2D eigenvalue weighted by Gasteiger charge is -2.13. The maximum Gasteiger partial charge on any atom is 0.387 e. The summed E-state index contributed by atoms with van der Waals surface area (Å²) in [6, 6.07) is 3.51. The molecule has 1 aromatic carbocycles. The van der Waals surface area contributed by atoms with Gasteiger partial charge in [-0.05, 0) is 38.1 Å². The van der Waals surface area contributed by atoms with Crippen molar-refractivity contribution in [2.24, 2.45) is 0 Å². The molecule has 2 nitrogen and oxygen atoms in total. The number of rotatable bonds is 4. The molecule has 0 bridgehead atoms. The second kappa shape index (κ2) is 5.07. The van der Waals surface area contributed by atoms with E-state index in [0.29, 0.717) is 6.54 Å². The van der Waals surface area contributed by atoms with Crippen LogP contribution in [0, 0.1) is 13.8 Å². The van der Waals surface area contributed by atoms with E-state index in [1.165, 1.54) is 0 Å². The van der Waals surface area contributed by atoms with Crippen molar-refractivity contribution in [1.82, 2.24) is 5.32 Å². The lowest BCUT2D eigenvalue weighted by atomic mass is 10.1. The van der Waals surface area contributed by atoms with Crippen LogP contribution in [0.5, 0.6) is 5.75 Å². The van der Waals surface area contributed by atoms with Crippen LogP contribution in [0.2, 0.25) is 0 Å². The van der Waals surface area contributed by atoms with Crippen molar-refractivity contribution in [1.29, 1.82) is 0 Å². The van der Waals surface area contributed by atoms with Gasteiger partial charge in [-0.15, -0.1) is 0 Å². The van der Waals surface area contributed by atoms with E-state index in [4.69, 9.17) is 0 Å². The summed E-state index contributed by atoms with van der Waals surface area (Å²) in [5.41, 5.74) is 2.77. The molecule has 0 amide bonds. The molecule has 84 valence electrons. The molecule has 0 aliphatic heterocycles. The lowest BCUT2D eigenvalue weighted by molar-refractivity contribution is -0.0505. The molecule has 0 heterocycles. The monoisotopic (exact) mass is 215 g/mol. The number of aryl methyl sites for hydroxylation is 2. The van der Waals surface area contributed by atoms with Crippen LogP contribution in [0.4, 0.5) is 8.78 Å². The van der Waals surface area contributed by atoms with E-state index in [9.17, 15) is 8.78 Å². The minimum Gasteiger partial charge on any atom is -0.434 e. The van der Waals surface area contributed by atoms with E-state index < -0.39 is 6.61 Å². The van der Waals surface area contributed by atoms with Crippen molar-refractivity contribution >= 4 is 0 Å². The second-order valence-corrected chi connectivity index (χ2v) is 3.45. The first-order valence-corrected chi connectivity index (χ1v) is 4.74. The second-order valence-electron chi connectivity index (χ2n) is 3.45. The summed E-state index contributed by atoms with van der Waals surface area (Å²) in [4.78, 5) is 0. The topological polar surface area (TPSA) is 21.3 Å². The van der Waals surface area contributed by atoms with Crippen molar-refractivity contribution in [3.63, 3.8) is 0 Å². The van der Waals surface area contributed by atoms with Crippen LogP contribution in [0.3, 0.4) is 0 Å². The lowest BCUT2D eigenvalue weighted by Crippen LogP contribution is -2.10. The Kier molecular flexibility index (Phi) is 4.03. The summed E-state index contributed by atoms with van der Waals surface area (Å²) in [5.74, 6) is 0.252. The Morgan fingerprint density at radius 1 is 1.27 bits per heavy atom.